The topological polar surface area (TPSA) is 67.4 Å². The molecule has 2 aromatic rings. The lowest BCUT2D eigenvalue weighted by Gasteiger charge is -2.19. The minimum absolute atomic E-state index is 0.0175. The zero-order chi connectivity index (χ0) is 20.0. The van der Waals surface area contributed by atoms with Crippen molar-refractivity contribution in [2.45, 2.75) is 39.5 Å². The number of carbonyl (C=O) groups is 2. The fourth-order valence-corrected chi connectivity index (χ4v) is 2.84. The quantitative estimate of drug-likeness (QED) is 0.677. The van der Waals surface area contributed by atoms with Gasteiger partial charge in [-0.3, -0.25) is 20.4 Å². The molecule has 0 radical (unpaired) electrons. The van der Waals surface area contributed by atoms with Gasteiger partial charge in [0.2, 0.25) is 0 Å². The van der Waals surface area contributed by atoms with Gasteiger partial charge >= 0.3 is 0 Å². The maximum atomic E-state index is 12.3. The van der Waals surface area contributed by atoms with Crippen LogP contribution in [0.15, 0.2) is 46.9 Å². The number of benzene rings is 2. The van der Waals surface area contributed by atoms with Crippen LogP contribution in [-0.2, 0) is 5.41 Å². The van der Waals surface area contributed by atoms with Gasteiger partial charge in [0.25, 0.3) is 11.8 Å². The zero-order valence-corrected chi connectivity index (χ0v) is 17.6. The molecule has 2 rings (SSSR count). The lowest BCUT2D eigenvalue weighted by Crippen LogP contribution is -2.41. The van der Waals surface area contributed by atoms with Gasteiger partial charge in [-0.15, -0.1) is 0 Å². The van der Waals surface area contributed by atoms with Gasteiger partial charge in [-0.05, 0) is 63.7 Å². The second-order valence-electron chi connectivity index (χ2n) is 7.23. The molecule has 0 atom stereocenters. The molecule has 5 nitrogen and oxygen atoms in total. The first-order valence-corrected chi connectivity index (χ1v) is 9.65. The number of rotatable bonds is 5. The van der Waals surface area contributed by atoms with Crippen LogP contribution in [0.1, 0.15) is 60.4 Å². The third-order valence-electron chi connectivity index (χ3n) is 3.96. The van der Waals surface area contributed by atoms with Gasteiger partial charge in [-0.2, -0.15) is 0 Å². The molecule has 0 aliphatic rings. The predicted octanol–water partition coefficient (Wildman–Crippen LogP) is 4.61. The lowest BCUT2D eigenvalue weighted by atomic mass is 9.87. The van der Waals surface area contributed by atoms with E-state index in [1.54, 1.807) is 30.3 Å². The molecular weight excluding hydrogens is 408 g/mol. The van der Waals surface area contributed by atoms with E-state index in [1.165, 1.54) is 0 Å². The number of carbonyl (C=O) groups excluding carboxylic acids is 2. The summed E-state index contributed by atoms with van der Waals surface area (Å²) in [4.78, 5) is 24.5. The second kappa shape index (κ2) is 9.04. The molecule has 2 aromatic carbocycles. The van der Waals surface area contributed by atoms with Gasteiger partial charge in [0.1, 0.15) is 5.75 Å². The monoisotopic (exact) mass is 432 g/mol. The number of ether oxygens (including phenoxy) is 1. The Kier molecular flexibility index (Phi) is 7.02. The molecule has 2 N–H and O–H groups in total. The summed E-state index contributed by atoms with van der Waals surface area (Å²) in [6, 6.07) is 12.4. The molecule has 0 heterocycles. The highest BCUT2D eigenvalue weighted by atomic mass is 79.9. The third kappa shape index (κ3) is 5.82. The van der Waals surface area contributed by atoms with Gasteiger partial charge in [-0.1, -0.05) is 39.8 Å². The van der Waals surface area contributed by atoms with E-state index in [1.807, 2.05) is 19.1 Å². The first-order valence-electron chi connectivity index (χ1n) is 8.86. The summed E-state index contributed by atoms with van der Waals surface area (Å²) < 4.78 is 6.25. The van der Waals surface area contributed by atoms with Crippen molar-refractivity contribution < 1.29 is 14.3 Å². The Morgan fingerprint density at radius 3 is 2.04 bits per heavy atom. The summed E-state index contributed by atoms with van der Waals surface area (Å²) >= 11 is 3.39. The Morgan fingerprint density at radius 2 is 1.52 bits per heavy atom. The van der Waals surface area contributed by atoms with E-state index in [2.05, 4.69) is 47.6 Å². The van der Waals surface area contributed by atoms with E-state index >= 15 is 0 Å². The molecule has 0 aliphatic carbocycles. The van der Waals surface area contributed by atoms with Crippen LogP contribution in [0.3, 0.4) is 0 Å². The lowest BCUT2D eigenvalue weighted by molar-refractivity contribution is 0.0846. The van der Waals surface area contributed by atoms with Crippen molar-refractivity contribution in [1.82, 2.24) is 10.9 Å². The van der Waals surface area contributed by atoms with Gasteiger partial charge in [0.05, 0.1) is 11.1 Å². The molecule has 27 heavy (non-hydrogen) atoms. The zero-order valence-electron chi connectivity index (χ0n) is 16.1. The van der Waals surface area contributed by atoms with Crippen molar-refractivity contribution in [3.63, 3.8) is 0 Å². The summed E-state index contributed by atoms with van der Waals surface area (Å²) in [7, 11) is 0. The first-order chi connectivity index (χ1) is 12.7. The average Bonchev–Trinajstić information content (AvgIpc) is 2.64. The smallest absolute Gasteiger partial charge is 0.269 e. The van der Waals surface area contributed by atoms with E-state index in [4.69, 9.17) is 4.74 Å². The number of hydrogen-bond donors (Lipinski definition) is 2. The van der Waals surface area contributed by atoms with Gasteiger partial charge in [-0.25, -0.2) is 0 Å². The van der Waals surface area contributed by atoms with Crippen molar-refractivity contribution in [1.29, 1.82) is 0 Å². The van der Waals surface area contributed by atoms with Crippen LogP contribution in [-0.4, -0.2) is 18.4 Å². The van der Waals surface area contributed by atoms with Crippen LogP contribution < -0.4 is 15.6 Å². The first kappa shape index (κ1) is 21.0. The van der Waals surface area contributed by atoms with E-state index in [0.29, 0.717) is 28.0 Å². The van der Waals surface area contributed by atoms with Crippen molar-refractivity contribution in [3.8, 4) is 5.75 Å². The molecule has 0 bridgehead atoms. The Labute approximate surface area is 168 Å². The number of nitrogens with one attached hydrogen (secondary N) is 2. The fraction of sp³-hybridized carbons (Fsp3) is 0.333. The van der Waals surface area contributed by atoms with Crippen molar-refractivity contribution >= 4 is 27.7 Å². The van der Waals surface area contributed by atoms with Crippen molar-refractivity contribution in [3.05, 3.63) is 63.6 Å². The van der Waals surface area contributed by atoms with Crippen LogP contribution in [0.25, 0.3) is 0 Å². The molecule has 0 spiro atoms. The summed E-state index contributed by atoms with van der Waals surface area (Å²) in [6.07, 6.45) is 0.900. The standard InChI is InChI=1S/C21H25BrN2O3/c1-5-12-27-18-11-8-15(13-17(18)22)20(26)24-23-19(25)14-6-9-16(10-7-14)21(2,3)4/h6-11,13H,5,12H2,1-4H3,(H,23,25)(H,24,26). The largest absolute Gasteiger partial charge is 0.492 e. The second-order valence-corrected chi connectivity index (χ2v) is 8.08. The Morgan fingerprint density at radius 1 is 0.963 bits per heavy atom. The molecule has 0 aromatic heterocycles. The molecule has 0 saturated carbocycles. The van der Waals surface area contributed by atoms with E-state index < -0.39 is 5.91 Å². The summed E-state index contributed by atoms with van der Waals surface area (Å²) in [5, 5.41) is 0. The SMILES string of the molecule is CCCOc1ccc(C(=O)NNC(=O)c2ccc(C(C)(C)C)cc2)cc1Br. The highest BCUT2D eigenvalue weighted by molar-refractivity contribution is 9.10. The molecule has 6 heteroatoms. The Hall–Kier alpha value is -2.34. The summed E-state index contributed by atoms with van der Waals surface area (Å²) in [5.41, 5.74) is 6.92. The molecule has 0 saturated heterocycles. The van der Waals surface area contributed by atoms with Crippen LogP contribution in [0.2, 0.25) is 0 Å². The normalized spacial score (nSPS) is 11.0. The summed E-state index contributed by atoms with van der Waals surface area (Å²) in [6.45, 7) is 8.96. The van der Waals surface area contributed by atoms with E-state index in [0.717, 1.165) is 12.0 Å². The summed E-state index contributed by atoms with van der Waals surface area (Å²) in [5.74, 6) is -0.0976. The Bertz CT molecular complexity index is 811. The van der Waals surface area contributed by atoms with Gasteiger partial charge in [0.15, 0.2) is 0 Å². The predicted molar refractivity (Wildman–Crippen MR) is 110 cm³/mol. The highest BCUT2D eigenvalue weighted by Crippen LogP contribution is 2.26. The number of amides is 2. The molecule has 0 fully saturated rings. The van der Waals surface area contributed by atoms with E-state index in [-0.39, 0.29) is 11.3 Å². The number of halogens is 1. The number of hydrogen-bond acceptors (Lipinski definition) is 3. The van der Waals surface area contributed by atoms with Crippen LogP contribution in [0.4, 0.5) is 0 Å². The van der Waals surface area contributed by atoms with E-state index in [9.17, 15) is 9.59 Å². The molecule has 144 valence electrons. The minimum atomic E-state index is -0.405. The van der Waals surface area contributed by atoms with Gasteiger partial charge < -0.3 is 4.74 Å². The molecule has 2 amide bonds. The maximum Gasteiger partial charge on any atom is 0.269 e. The molecular formula is C21H25BrN2O3. The number of hydrazine groups is 1. The maximum absolute atomic E-state index is 12.3. The van der Waals surface area contributed by atoms with Crippen molar-refractivity contribution in [2.24, 2.45) is 0 Å². The Balaban J connectivity index is 1.96. The fourth-order valence-electron chi connectivity index (χ4n) is 2.35. The van der Waals surface area contributed by atoms with Crippen molar-refractivity contribution in [2.75, 3.05) is 6.61 Å². The molecule has 0 unspecified atom stereocenters. The van der Waals surface area contributed by atoms with Crippen LogP contribution in [0, 0.1) is 0 Å². The average molecular weight is 433 g/mol. The third-order valence-corrected chi connectivity index (χ3v) is 4.58. The van der Waals surface area contributed by atoms with Gasteiger partial charge in [0, 0.05) is 11.1 Å². The molecule has 0 aliphatic heterocycles. The highest BCUT2D eigenvalue weighted by Gasteiger charge is 2.15. The minimum Gasteiger partial charge on any atom is -0.492 e. The van der Waals surface area contributed by atoms with Crippen LogP contribution >= 0.6 is 15.9 Å². The van der Waals surface area contributed by atoms with Crippen LogP contribution in [0.5, 0.6) is 5.75 Å².